The molecule has 9 rings (SSSR count). The van der Waals surface area contributed by atoms with Crippen molar-refractivity contribution in [3.05, 3.63) is 141 Å². The standard InChI is InChI=1S/C62H75N3O12S3/c1-8-55(66)40(2)19-26-78-79-62(4,5)39-63(20-21-74-24-25-75-23-22-72-6)49-29-42(37-76-56-34-47-35-59(80(69,70)71)54-32-46-14-10-12-16-53(46)65(54)61(68)50(47)27-41(56)3)28-43(30-49)38-77-58-33-44-17-18-48-31-45-13-9-11-15-52(45)64(48)60(67)51(44)36-57(58)73-7/h9-16,27-30,33-34,36,40,48,54,59H,8,17-26,31-32,35,37-39H2,1-7H3,(H,69,70,71)/t40?,48-,54+,59?/m1/s1. The Morgan fingerprint density at radius 2 is 1.39 bits per heavy atom. The molecule has 0 saturated carbocycles. The van der Waals surface area contributed by atoms with Crippen LogP contribution in [0.2, 0.25) is 0 Å². The lowest BCUT2D eigenvalue weighted by Gasteiger charge is -2.34. The number of fused-ring (bicyclic) bond motifs is 8. The van der Waals surface area contributed by atoms with Crippen molar-refractivity contribution in [1.29, 1.82) is 0 Å². The molecule has 2 amide bonds. The quantitative estimate of drug-likeness (QED) is 0.0299. The normalized spacial score (nSPS) is 17.8. The summed E-state index contributed by atoms with van der Waals surface area (Å²) in [6, 6.07) is 28.4. The maximum Gasteiger partial charge on any atom is 0.270 e. The van der Waals surface area contributed by atoms with Gasteiger partial charge in [-0.3, -0.25) is 18.9 Å². The van der Waals surface area contributed by atoms with Crippen LogP contribution in [0.25, 0.3) is 0 Å². The first-order valence-electron chi connectivity index (χ1n) is 27.7. The molecule has 4 atom stereocenters. The Kier molecular flexibility index (Phi) is 19.3. The van der Waals surface area contributed by atoms with Gasteiger partial charge in [0, 0.05) is 77.3 Å². The van der Waals surface area contributed by atoms with Gasteiger partial charge in [0.1, 0.15) is 30.0 Å². The predicted molar refractivity (Wildman–Crippen MR) is 317 cm³/mol. The third-order valence-electron chi connectivity index (χ3n) is 15.6. The molecule has 0 saturated heterocycles. The van der Waals surface area contributed by atoms with Crippen LogP contribution in [0.5, 0.6) is 17.2 Å². The molecule has 0 spiro atoms. The van der Waals surface area contributed by atoms with Gasteiger partial charge in [-0.25, -0.2) is 0 Å². The van der Waals surface area contributed by atoms with Crippen LogP contribution < -0.4 is 28.9 Å². The highest BCUT2D eigenvalue weighted by atomic mass is 33.1. The third kappa shape index (κ3) is 13.7. The second kappa shape index (κ2) is 26.1. The Hall–Kier alpha value is -5.60. The number of aryl methyl sites for hydroxylation is 2. The van der Waals surface area contributed by atoms with E-state index in [0.29, 0.717) is 111 Å². The van der Waals surface area contributed by atoms with Crippen LogP contribution in [0.15, 0.2) is 91.0 Å². The largest absolute Gasteiger partial charge is 0.493 e. The predicted octanol–water partition coefficient (Wildman–Crippen LogP) is 10.7. The molecule has 4 aliphatic heterocycles. The van der Waals surface area contributed by atoms with Crippen LogP contribution in [0.3, 0.4) is 0 Å². The Balaban J connectivity index is 1.02. The van der Waals surface area contributed by atoms with E-state index in [4.69, 9.17) is 28.4 Å². The number of para-hydroxylation sites is 2. The number of methoxy groups -OCH3 is 2. The number of hydrogen-bond donors (Lipinski definition) is 1. The molecule has 5 aromatic carbocycles. The average molecular weight is 1150 g/mol. The Bertz CT molecular complexity index is 3170. The summed E-state index contributed by atoms with van der Waals surface area (Å²) in [5, 5.41) is -1.25. The number of ketones is 1. The smallest absolute Gasteiger partial charge is 0.270 e. The van der Waals surface area contributed by atoms with Crippen molar-refractivity contribution >= 4 is 66.4 Å². The molecule has 4 aliphatic rings. The van der Waals surface area contributed by atoms with Gasteiger partial charge in [0.15, 0.2) is 11.5 Å². The minimum atomic E-state index is -4.59. The highest BCUT2D eigenvalue weighted by Crippen LogP contribution is 2.44. The SMILES string of the molecule is CCC(=O)C(C)CCSSC(C)(C)CN(CCOCCOCCOC)c1cc(COc2cc3c(cc2C)C(=O)N2c4ccccc4C[C@H]2C(S(=O)(=O)O)C3)cc(COc2cc3c(cc2OC)C(=O)N2c4ccccc4C[C@H]2CC3)c1. The van der Waals surface area contributed by atoms with E-state index in [1.807, 2.05) is 86.3 Å². The fourth-order valence-electron chi connectivity index (χ4n) is 11.5. The fourth-order valence-corrected chi connectivity index (χ4v) is 15.2. The molecular weight excluding hydrogens is 1070 g/mol. The summed E-state index contributed by atoms with van der Waals surface area (Å²) in [7, 11) is 2.21. The van der Waals surface area contributed by atoms with Gasteiger partial charge in [0.2, 0.25) is 0 Å². The van der Waals surface area contributed by atoms with Crippen molar-refractivity contribution in [3.63, 3.8) is 0 Å². The first-order valence-corrected chi connectivity index (χ1v) is 31.5. The second-order valence-electron chi connectivity index (χ2n) is 21.9. The van der Waals surface area contributed by atoms with Gasteiger partial charge >= 0.3 is 0 Å². The summed E-state index contributed by atoms with van der Waals surface area (Å²) in [6.45, 7) is 13.9. The fraction of sp³-hybridized carbons (Fsp3) is 0.468. The van der Waals surface area contributed by atoms with E-state index < -0.39 is 21.4 Å². The lowest BCUT2D eigenvalue weighted by Crippen LogP contribution is -2.47. The molecule has 4 heterocycles. The number of rotatable bonds is 27. The minimum Gasteiger partial charge on any atom is -0.493 e. The molecular formula is C62H75N3O12S3. The van der Waals surface area contributed by atoms with Gasteiger partial charge in [-0.2, -0.15) is 8.42 Å². The molecule has 428 valence electrons. The molecule has 0 aromatic heterocycles. The molecule has 80 heavy (non-hydrogen) atoms. The molecule has 2 unspecified atom stereocenters. The van der Waals surface area contributed by atoms with E-state index in [0.717, 1.165) is 58.6 Å². The first kappa shape index (κ1) is 59.0. The van der Waals surface area contributed by atoms with Crippen LogP contribution in [0.4, 0.5) is 17.1 Å². The molecule has 5 aromatic rings. The molecule has 0 fully saturated rings. The van der Waals surface area contributed by atoms with Gasteiger partial charge in [-0.15, -0.1) is 0 Å². The molecule has 18 heteroatoms. The van der Waals surface area contributed by atoms with E-state index in [2.05, 4.69) is 36.9 Å². The summed E-state index contributed by atoms with van der Waals surface area (Å²) < 4.78 is 73.1. The van der Waals surface area contributed by atoms with Crippen molar-refractivity contribution in [2.45, 2.75) is 115 Å². The number of benzene rings is 5. The Labute approximate surface area is 479 Å². The minimum absolute atomic E-state index is 0.0135. The van der Waals surface area contributed by atoms with E-state index in [-0.39, 0.29) is 53.9 Å². The van der Waals surface area contributed by atoms with Gasteiger partial charge < -0.3 is 43.1 Å². The highest BCUT2D eigenvalue weighted by molar-refractivity contribution is 8.77. The zero-order valence-electron chi connectivity index (χ0n) is 47.0. The highest BCUT2D eigenvalue weighted by Gasteiger charge is 2.47. The Morgan fingerprint density at radius 3 is 2.08 bits per heavy atom. The van der Waals surface area contributed by atoms with Gasteiger partial charge in [-0.05, 0) is 153 Å². The molecule has 0 bridgehead atoms. The van der Waals surface area contributed by atoms with E-state index in [9.17, 15) is 27.4 Å². The summed E-state index contributed by atoms with van der Waals surface area (Å²) in [5.74, 6) is 2.23. The summed E-state index contributed by atoms with van der Waals surface area (Å²) >= 11 is 0. The van der Waals surface area contributed by atoms with Gasteiger partial charge in [-0.1, -0.05) is 71.8 Å². The number of nitrogens with zero attached hydrogens (tertiary/aromatic N) is 3. The number of carbonyl (C=O) groups is 3. The first-order chi connectivity index (χ1) is 38.5. The number of ether oxygens (including phenoxy) is 6. The van der Waals surface area contributed by atoms with E-state index >= 15 is 0 Å². The van der Waals surface area contributed by atoms with Crippen molar-refractivity contribution < 1.29 is 55.8 Å². The number of hydrogen-bond acceptors (Lipinski definition) is 14. The van der Waals surface area contributed by atoms with Crippen molar-refractivity contribution in [2.24, 2.45) is 5.92 Å². The van der Waals surface area contributed by atoms with Crippen molar-refractivity contribution in [2.75, 3.05) is 80.8 Å². The topological polar surface area (TPSA) is 171 Å². The third-order valence-corrected chi connectivity index (χ3v) is 20.2. The molecule has 1 N–H and O–H groups in total. The molecule has 0 radical (unpaired) electrons. The summed E-state index contributed by atoms with van der Waals surface area (Å²) in [4.78, 5) is 47.0. The molecule has 0 aliphatic carbocycles. The van der Waals surface area contributed by atoms with Crippen LogP contribution in [-0.2, 0) is 68.0 Å². The van der Waals surface area contributed by atoms with Crippen LogP contribution in [-0.4, -0.2) is 119 Å². The van der Waals surface area contributed by atoms with E-state index in [1.54, 1.807) is 52.8 Å². The number of carbonyl (C=O) groups excluding carboxylic acids is 3. The zero-order chi connectivity index (χ0) is 56.7. The second-order valence-corrected chi connectivity index (χ2v) is 26.6. The van der Waals surface area contributed by atoms with Crippen LogP contribution in [0.1, 0.15) is 107 Å². The number of anilines is 3. The average Bonchev–Trinajstić information content (AvgIpc) is 4.02. The Morgan fingerprint density at radius 1 is 0.762 bits per heavy atom. The van der Waals surface area contributed by atoms with Crippen LogP contribution in [0, 0.1) is 12.8 Å². The summed E-state index contributed by atoms with van der Waals surface area (Å²) in [5.41, 5.74) is 9.28. The lowest BCUT2D eigenvalue weighted by molar-refractivity contribution is -0.122. The maximum atomic E-state index is 14.5. The number of Topliss-reactive ketones (excluding diaryl/α,β-unsaturated/α-hetero) is 1. The lowest BCUT2D eigenvalue weighted by atomic mass is 9.97. The number of amides is 2. The van der Waals surface area contributed by atoms with Gasteiger partial charge in [0.05, 0.1) is 46.2 Å². The monoisotopic (exact) mass is 1150 g/mol. The van der Waals surface area contributed by atoms with Gasteiger partial charge in [0.25, 0.3) is 21.9 Å². The van der Waals surface area contributed by atoms with Crippen molar-refractivity contribution in [1.82, 2.24) is 0 Å². The van der Waals surface area contributed by atoms with E-state index in [1.165, 1.54) is 5.56 Å². The maximum absolute atomic E-state index is 14.5. The van der Waals surface area contributed by atoms with Crippen LogP contribution >= 0.6 is 21.6 Å². The molecule has 15 nitrogen and oxygen atoms in total. The zero-order valence-corrected chi connectivity index (χ0v) is 49.4. The van der Waals surface area contributed by atoms with Crippen molar-refractivity contribution in [3.8, 4) is 17.2 Å². The summed E-state index contributed by atoms with van der Waals surface area (Å²) in [6.07, 6.45) is 3.90.